The Bertz CT molecular complexity index is 3280. The minimum Gasteiger partial charge on any atom is -0.309 e. The lowest BCUT2D eigenvalue weighted by Gasteiger charge is -2.15. The van der Waals surface area contributed by atoms with Crippen LogP contribution in [0.4, 0.5) is 0 Å². The molecule has 0 aliphatic carbocycles. The van der Waals surface area contributed by atoms with E-state index in [2.05, 4.69) is 12.1 Å². The second kappa shape index (κ2) is 13.8. The van der Waals surface area contributed by atoms with E-state index in [1.807, 2.05) is 146 Å². The van der Waals surface area contributed by atoms with E-state index in [-0.39, 0.29) is 46.0 Å². The Morgan fingerprint density at radius 1 is 0.327 bits per heavy atom. The molecule has 0 spiro atoms. The molecule has 0 aliphatic rings. The molecular weight excluding hydrogens is 669 g/mol. The van der Waals surface area contributed by atoms with Gasteiger partial charge in [0.15, 0.2) is 17.5 Å². The molecule has 4 heteroatoms. The summed E-state index contributed by atoms with van der Waals surface area (Å²) in [6.45, 7) is 0. The van der Waals surface area contributed by atoms with Crippen molar-refractivity contribution in [2.45, 2.75) is 0 Å². The van der Waals surface area contributed by atoms with E-state index in [4.69, 9.17) is 25.9 Å². The zero-order valence-corrected chi connectivity index (χ0v) is 29.3. The average molecular weight is 711 g/mol. The highest BCUT2D eigenvalue weighted by atomic mass is 15.0. The van der Waals surface area contributed by atoms with Gasteiger partial charge in [0, 0.05) is 33.2 Å². The van der Waals surface area contributed by atoms with Crippen molar-refractivity contribution in [3.05, 3.63) is 206 Å². The van der Waals surface area contributed by atoms with Crippen LogP contribution >= 0.6 is 0 Å². The van der Waals surface area contributed by atoms with E-state index < -0.39 is 24.2 Å². The Kier molecular flexibility index (Phi) is 6.23. The number of benzene rings is 8. The van der Waals surface area contributed by atoms with Gasteiger partial charge in [-0.15, -0.1) is 0 Å². The summed E-state index contributed by atoms with van der Waals surface area (Å²) in [4.78, 5) is 14.6. The molecule has 4 nitrogen and oxygen atoms in total. The third-order valence-corrected chi connectivity index (χ3v) is 9.69. The lowest BCUT2D eigenvalue weighted by molar-refractivity contribution is 1.07. The summed E-state index contributed by atoms with van der Waals surface area (Å²) in [6.07, 6.45) is 0. The van der Waals surface area contributed by atoms with E-state index in [1.165, 1.54) is 0 Å². The first-order chi connectivity index (χ1) is 30.6. The summed E-state index contributed by atoms with van der Waals surface area (Å²) in [5.74, 6) is 1.71. The number of para-hydroxylation sites is 2. The number of nitrogens with zero attached hydrogens (tertiary/aromatic N) is 4. The molecule has 0 amide bonds. The highest BCUT2D eigenvalue weighted by molar-refractivity contribution is 6.09. The van der Waals surface area contributed by atoms with Gasteiger partial charge in [0.05, 0.1) is 22.0 Å². The Morgan fingerprint density at radius 2 is 0.691 bits per heavy atom. The summed E-state index contributed by atoms with van der Waals surface area (Å²) in [6, 6.07) is 48.1. The fourth-order valence-corrected chi connectivity index (χ4v) is 7.01. The molecule has 0 atom stereocenters. The van der Waals surface area contributed by atoms with Crippen LogP contribution in [0.5, 0.6) is 0 Å². The maximum atomic E-state index is 9.09. The predicted molar refractivity (Wildman–Crippen MR) is 227 cm³/mol. The number of fused-ring (bicyclic) bond motifs is 3. The van der Waals surface area contributed by atoms with Gasteiger partial charge in [-0.1, -0.05) is 170 Å². The lowest BCUT2D eigenvalue weighted by Crippen LogP contribution is -2.00. The van der Waals surface area contributed by atoms with Gasteiger partial charge in [-0.25, -0.2) is 15.0 Å². The van der Waals surface area contributed by atoms with Crippen LogP contribution in [0.3, 0.4) is 0 Å². The summed E-state index contributed by atoms with van der Waals surface area (Å²) in [5, 5.41) is 0.0645. The Labute approximate surface area is 331 Å². The third-order valence-electron chi connectivity index (χ3n) is 9.69. The molecule has 0 saturated carbocycles. The average Bonchev–Trinajstić information content (AvgIpc) is 3.71. The normalized spacial score (nSPS) is 13.3. The minimum atomic E-state index is -0.482. The molecule has 10 rings (SSSR count). The van der Waals surface area contributed by atoms with Crippen LogP contribution in [-0.4, -0.2) is 19.5 Å². The predicted octanol–water partition coefficient (Wildman–Crippen LogP) is 13.0. The molecule has 0 bridgehead atoms. The number of aromatic nitrogens is 4. The molecule has 2 aromatic heterocycles. The standard InChI is InChI=1S/C51H34N4/c1-4-15-35(16-5-1)42-32-43(34-44(33-42)55-47-25-12-10-23-45(47)46-24-11-13-26-48(46)55)41-22-14-21-40(31-41)36-27-29-39(30-28-36)51-53-49(37-17-6-2-7-18-37)52-50(54-51)38-19-8-3-9-20-38/h1-34H/i10D,11D,12D,13D,23D,24D,25D,26D. The first kappa shape index (κ1) is 24.7. The molecule has 0 saturated heterocycles. The van der Waals surface area contributed by atoms with Gasteiger partial charge in [-0.3, -0.25) is 0 Å². The topological polar surface area (TPSA) is 43.6 Å². The van der Waals surface area contributed by atoms with Crippen molar-refractivity contribution in [3.63, 3.8) is 0 Å². The number of rotatable bonds is 7. The van der Waals surface area contributed by atoms with Crippen molar-refractivity contribution in [2.75, 3.05) is 0 Å². The monoisotopic (exact) mass is 710 g/mol. The molecule has 0 radical (unpaired) electrons. The van der Waals surface area contributed by atoms with E-state index in [0.717, 1.165) is 50.1 Å². The Morgan fingerprint density at radius 3 is 1.22 bits per heavy atom. The summed E-state index contributed by atoms with van der Waals surface area (Å²) >= 11 is 0. The molecule has 0 fully saturated rings. The summed E-state index contributed by atoms with van der Waals surface area (Å²) in [7, 11) is 0. The maximum Gasteiger partial charge on any atom is 0.164 e. The van der Waals surface area contributed by atoms with Crippen molar-refractivity contribution >= 4 is 21.8 Å². The zero-order chi connectivity index (χ0) is 43.5. The van der Waals surface area contributed by atoms with Crippen LogP contribution in [-0.2, 0) is 0 Å². The Balaban J connectivity index is 1.12. The summed E-state index contributed by atoms with van der Waals surface area (Å²) < 4.78 is 71.8. The fourth-order valence-electron chi connectivity index (χ4n) is 7.01. The van der Waals surface area contributed by atoms with Gasteiger partial charge in [0.1, 0.15) is 0 Å². The van der Waals surface area contributed by atoms with Crippen LogP contribution in [0.25, 0.3) is 95.0 Å². The van der Waals surface area contributed by atoms with Gasteiger partial charge in [-0.2, -0.15) is 0 Å². The van der Waals surface area contributed by atoms with E-state index in [1.54, 1.807) is 4.57 Å². The fraction of sp³-hybridized carbons (Fsp3) is 0. The van der Waals surface area contributed by atoms with Crippen molar-refractivity contribution in [1.29, 1.82) is 0 Å². The van der Waals surface area contributed by atoms with E-state index >= 15 is 0 Å². The third kappa shape index (κ3) is 6.16. The first-order valence-electron chi connectivity index (χ1n) is 21.9. The highest BCUT2D eigenvalue weighted by Gasteiger charge is 2.16. The molecule has 55 heavy (non-hydrogen) atoms. The molecule has 0 N–H and O–H groups in total. The van der Waals surface area contributed by atoms with Gasteiger partial charge >= 0.3 is 0 Å². The van der Waals surface area contributed by atoms with Crippen LogP contribution in [0.2, 0.25) is 0 Å². The number of hydrogen-bond acceptors (Lipinski definition) is 3. The smallest absolute Gasteiger partial charge is 0.164 e. The van der Waals surface area contributed by atoms with E-state index in [0.29, 0.717) is 23.2 Å². The SMILES string of the molecule is [2H]c1c([2H])c([2H])c2c(c1[2H])c1c([2H])c([2H])c([2H])c([2H])c1n2-c1cc(-c2ccccc2)cc(-c2cccc(-c3ccc(-c4nc(-c5ccccc5)nc(-c5ccccc5)n4)cc3)c2)c1. The van der Waals surface area contributed by atoms with Gasteiger partial charge < -0.3 is 4.57 Å². The van der Waals surface area contributed by atoms with Gasteiger partial charge in [0.2, 0.25) is 0 Å². The quantitative estimate of drug-likeness (QED) is 0.165. The molecule has 10 aromatic rings. The number of hydrogen-bond donors (Lipinski definition) is 0. The van der Waals surface area contributed by atoms with Crippen LogP contribution in [0.1, 0.15) is 11.0 Å². The van der Waals surface area contributed by atoms with Crippen LogP contribution in [0, 0.1) is 0 Å². The van der Waals surface area contributed by atoms with Gasteiger partial charge in [-0.05, 0) is 69.7 Å². The van der Waals surface area contributed by atoms with Crippen LogP contribution in [0.15, 0.2) is 206 Å². The second-order valence-electron chi connectivity index (χ2n) is 13.1. The van der Waals surface area contributed by atoms with E-state index in [9.17, 15) is 0 Å². The van der Waals surface area contributed by atoms with Crippen molar-refractivity contribution in [2.24, 2.45) is 0 Å². The molecule has 258 valence electrons. The molecule has 0 unspecified atom stereocenters. The first-order valence-corrected chi connectivity index (χ1v) is 17.9. The molecular formula is C51H34N4. The van der Waals surface area contributed by atoms with Crippen molar-refractivity contribution in [3.8, 4) is 73.2 Å². The largest absolute Gasteiger partial charge is 0.309 e. The van der Waals surface area contributed by atoms with Gasteiger partial charge in [0.25, 0.3) is 0 Å². The minimum absolute atomic E-state index is 0.0323. The molecule has 8 aromatic carbocycles. The maximum absolute atomic E-state index is 9.09. The highest BCUT2D eigenvalue weighted by Crippen LogP contribution is 2.37. The lowest BCUT2D eigenvalue weighted by atomic mass is 9.95. The van der Waals surface area contributed by atoms with Crippen molar-refractivity contribution < 1.29 is 11.0 Å². The molecule has 0 aliphatic heterocycles. The second-order valence-corrected chi connectivity index (χ2v) is 13.1. The van der Waals surface area contributed by atoms with Crippen LogP contribution < -0.4 is 0 Å². The Hall–Kier alpha value is -7.43. The van der Waals surface area contributed by atoms with Crippen molar-refractivity contribution in [1.82, 2.24) is 19.5 Å². The zero-order valence-electron chi connectivity index (χ0n) is 37.3. The summed E-state index contributed by atoms with van der Waals surface area (Å²) in [5.41, 5.74) is 8.44. The molecule has 2 heterocycles.